The molecule has 5 heteroatoms. The molecule has 0 aliphatic carbocycles. The second-order valence-electron chi connectivity index (χ2n) is 6.22. The van der Waals surface area contributed by atoms with E-state index in [-0.39, 0.29) is 5.54 Å². The lowest BCUT2D eigenvalue weighted by Crippen LogP contribution is -2.35. The molecule has 1 aromatic heterocycles. The lowest BCUT2D eigenvalue weighted by molar-refractivity contribution is 0.222. The number of anilines is 1. The maximum absolute atomic E-state index is 5.58. The first-order chi connectivity index (χ1) is 9.48. The third-order valence-electron chi connectivity index (χ3n) is 3.24. The van der Waals surface area contributed by atoms with Gasteiger partial charge in [0.15, 0.2) is 0 Å². The van der Waals surface area contributed by atoms with Crippen molar-refractivity contribution in [1.29, 1.82) is 0 Å². The molecule has 0 bridgehead atoms. The highest BCUT2D eigenvalue weighted by Crippen LogP contribution is 2.19. The van der Waals surface area contributed by atoms with Gasteiger partial charge in [-0.15, -0.1) is 0 Å². The zero-order chi connectivity index (χ0) is 14.6. The van der Waals surface area contributed by atoms with E-state index >= 15 is 0 Å². The second kappa shape index (κ2) is 6.41. The molecule has 112 valence electrons. The first-order valence-electron chi connectivity index (χ1n) is 7.09. The van der Waals surface area contributed by atoms with Crippen molar-refractivity contribution in [2.75, 3.05) is 31.7 Å². The van der Waals surface area contributed by atoms with Crippen LogP contribution >= 0.6 is 0 Å². The fraction of sp³-hybridized carbons (Fsp3) is 0.667. The maximum atomic E-state index is 5.58. The van der Waals surface area contributed by atoms with Crippen molar-refractivity contribution in [3.8, 4) is 0 Å². The number of hydrogen-bond donors (Lipinski definition) is 1. The summed E-state index contributed by atoms with van der Waals surface area (Å²) >= 11 is 0. The van der Waals surface area contributed by atoms with E-state index < -0.39 is 0 Å². The van der Waals surface area contributed by atoms with Crippen LogP contribution in [0, 0.1) is 0 Å². The van der Waals surface area contributed by atoms with Gasteiger partial charge in [-0.05, 0) is 32.8 Å². The van der Waals surface area contributed by atoms with Crippen LogP contribution in [0.3, 0.4) is 0 Å². The van der Waals surface area contributed by atoms with Crippen molar-refractivity contribution in [3.05, 3.63) is 23.6 Å². The minimum atomic E-state index is 0.0853. The summed E-state index contributed by atoms with van der Waals surface area (Å²) in [5.41, 5.74) is 2.38. The number of rotatable bonds is 5. The van der Waals surface area contributed by atoms with Crippen LogP contribution in [0.5, 0.6) is 0 Å². The third kappa shape index (κ3) is 4.35. The van der Waals surface area contributed by atoms with Crippen LogP contribution in [0.1, 0.15) is 32.9 Å². The number of hydrogen-bond acceptors (Lipinski definition) is 5. The zero-order valence-corrected chi connectivity index (χ0v) is 12.9. The molecule has 1 N–H and O–H groups in total. The predicted octanol–water partition coefficient (Wildman–Crippen LogP) is 2.35. The molecule has 1 aliphatic rings. The summed E-state index contributed by atoms with van der Waals surface area (Å²) in [7, 11) is 1.73. The van der Waals surface area contributed by atoms with E-state index in [0.717, 1.165) is 38.4 Å². The first kappa shape index (κ1) is 15.1. The minimum Gasteiger partial charge on any atom is -0.432 e. The van der Waals surface area contributed by atoms with E-state index in [1.165, 1.54) is 5.57 Å². The molecule has 5 nitrogen and oxygen atoms in total. The summed E-state index contributed by atoms with van der Waals surface area (Å²) in [6, 6.07) is 0.712. The monoisotopic (exact) mass is 279 g/mol. The Morgan fingerprint density at radius 3 is 2.85 bits per heavy atom. The molecule has 0 fully saturated rings. The van der Waals surface area contributed by atoms with E-state index in [9.17, 15) is 0 Å². The highest BCUT2D eigenvalue weighted by atomic mass is 16.5. The molecule has 0 atom stereocenters. The van der Waals surface area contributed by atoms with Gasteiger partial charge in [-0.1, -0.05) is 6.08 Å². The Morgan fingerprint density at radius 1 is 1.45 bits per heavy atom. The molecule has 1 aromatic rings. The molecular weight excluding hydrogens is 254 g/mol. The van der Waals surface area contributed by atoms with Crippen molar-refractivity contribution >= 4 is 6.01 Å². The lowest BCUT2D eigenvalue weighted by atomic mass is 10.1. The highest BCUT2D eigenvalue weighted by Gasteiger charge is 2.17. The third-order valence-corrected chi connectivity index (χ3v) is 3.24. The molecule has 2 rings (SSSR count). The Balaban J connectivity index is 1.90. The Morgan fingerprint density at radius 2 is 2.25 bits per heavy atom. The molecule has 1 aliphatic heterocycles. The summed E-state index contributed by atoms with van der Waals surface area (Å²) in [5, 5.41) is 3.41. The van der Waals surface area contributed by atoms with Gasteiger partial charge in [0.1, 0.15) is 6.26 Å². The van der Waals surface area contributed by atoms with Gasteiger partial charge in [-0.25, -0.2) is 0 Å². The van der Waals surface area contributed by atoms with Crippen molar-refractivity contribution in [3.63, 3.8) is 0 Å². The van der Waals surface area contributed by atoms with Crippen LogP contribution < -0.4 is 10.2 Å². The Hall–Kier alpha value is -1.33. The zero-order valence-electron chi connectivity index (χ0n) is 12.9. The Labute approximate surface area is 121 Å². The van der Waals surface area contributed by atoms with Crippen LogP contribution in [-0.2, 0) is 11.3 Å². The molecule has 0 radical (unpaired) electrons. The molecule has 0 aromatic carbocycles. The summed E-state index contributed by atoms with van der Waals surface area (Å²) < 4.78 is 10.7. The van der Waals surface area contributed by atoms with Crippen LogP contribution in [0.25, 0.3) is 0 Å². The molecule has 2 heterocycles. The van der Waals surface area contributed by atoms with Crippen LogP contribution in [0.4, 0.5) is 6.01 Å². The summed E-state index contributed by atoms with van der Waals surface area (Å²) in [6.45, 7) is 9.64. The van der Waals surface area contributed by atoms with E-state index in [2.05, 4.69) is 42.0 Å². The maximum Gasteiger partial charge on any atom is 0.297 e. The minimum absolute atomic E-state index is 0.0853. The number of ether oxygens (including phenoxy) is 1. The lowest BCUT2D eigenvalue weighted by Gasteiger charge is -2.24. The average Bonchev–Trinajstić information content (AvgIpc) is 2.86. The fourth-order valence-corrected chi connectivity index (χ4v) is 2.08. The molecule has 0 spiro atoms. The smallest absolute Gasteiger partial charge is 0.297 e. The van der Waals surface area contributed by atoms with Crippen LogP contribution in [0.15, 0.2) is 22.3 Å². The van der Waals surface area contributed by atoms with Crippen molar-refractivity contribution < 1.29 is 9.15 Å². The molecular formula is C15H25N3O2. The highest BCUT2D eigenvalue weighted by molar-refractivity contribution is 5.32. The quantitative estimate of drug-likeness (QED) is 0.838. The molecule has 0 saturated heterocycles. The largest absolute Gasteiger partial charge is 0.432 e. The first-order valence-corrected chi connectivity index (χ1v) is 7.09. The summed E-state index contributed by atoms with van der Waals surface area (Å²) in [4.78, 5) is 6.70. The van der Waals surface area contributed by atoms with Gasteiger partial charge in [-0.3, -0.25) is 0 Å². The van der Waals surface area contributed by atoms with E-state index in [1.807, 2.05) is 0 Å². The second-order valence-corrected chi connectivity index (χ2v) is 6.22. The molecule has 0 amide bonds. The fourth-order valence-electron chi connectivity index (χ4n) is 2.08. The predicted molar refractivity (Wildman–Crippen MR) is 79.9 cm³/mol. The summed E-state index contributed by atoms with van der Waals surface area (Å²) in [6.07, 6.45) is 4.94. The van der Waals surface area contributed by atoms with Gasteiger partial charge in [0.2, 0.25) is 0 Å². The van der Waals surface area contributed by atoms with Gasteiger partial charge in [-0.2, -0.15) is 4.98 Å². The van der Waals surface area contributed by atoms with Crippen molar-refractivity contribution in [2.45, 2.75) is 39.3 Å². The van der Waals surface area contributed by atoms with Gasteiger partial charge in [0.05, 0.1) is 12.3 Å². The normalized spacial score (nSPS) is 16.4. The average molecular weight is 279 g/mol. The number of aromatic nitrogens is 1. The van der Waals surface area contributed by atoms with Gasteiger partial charge in [0.25, 0.3) is 6.01 Å². The molecule has 0 saturated carbocycles. The van der Waals surface area contributed by atoms with Gasteiger partial charge >= 0.3 is 0 Å². The topological polar surface area (TPSA) is 50.5 Å². The number of nitrogens with one attached hydrogen (secondary N) is 1. The van der Waals surface area contributed by atoms with Gasteiger partial charge in [0, 0.05) is 32.3 Å². The van der Waals surface area contributed by atoms with E-state index in [4.69, 9.17) is 9.15 Å². The summed E-state index contributed by atoms with van der Waals surface area (Å²) in [5.74, 6) is 0. The van der Waals surface area contributed by atoms with Crippen molar-refractivity contribution in [1.82, 2.24) is 10.3 Å². The van der Waals surface area contributed by atoms with Crippen LogP contribution in [-0.4, -0.2) is 37.3 Å². The van der Waals surface area contributed by atoms with Crippen LogP contribution in [0.2, 0.25) is 0 Å². The SMILES string of the molecule is COCC1=CCN(c2nc(CNC(C)(C)C)co2)CC1. The number of methoxy groups -OCH3 is 1. The molecule has 0 unspecified atom stereocenters. The Kier molecular flexibility index (Phi) is 4.83. The molecule has 20 heavy (non-hydrogen) atoms. The van der Waals surface area contributed by atoms with Gasteiger partial charge < -0.3 is 19.4 Å². The Bertz CT molecular complexity index is 460. The number of oxazole rings is 1. The number of nitrogens with zero attached hydrogens (tertiary/aromatic N) is 2. The van der Waals surface area contributed by atoms with E-state index in [1.54, 1.807) is 13.4 Å². The standard InChI is InChI=1S/C15H25N3O2/c1-15(2,3)16-9-13-11-20-14(17-13)18-7-5-12(6-8-18)10-19-4/h5,11,16H,6-10H2,1-4H3. The van der Waals surface area contributed by atoms with E-state index in [0.29, 0.717) is 6.01 Å². The van der Waals surface area contributed by atoms with Crippen molar-refractivity contribution in [2.24, 2.45) is 0 Å².